The number of para-hydroxylation sites is 1. The van der Waals surface area contributed by atoms with Gasteiger partial charge in [-0.05, 0) is 38.3 Å². The maximum Gasteiger partial charge on any atom is 0.253 e. The predicted octanol–water partition coefficient (Wildman–Crippen LogP) is 2.93. The minimum atomic E-state index is -0.378. The van der Waals surface area contributed by atoms with E-state index in [-0.39, 0.29) is 17.3 Å². The lowest BCUT2D eigenvalue weighted by molar-refractivity contribution is 0.0936. The van der Waals surface area contributed by atoms with Crippen LogP contribution in [0.1, 0.15) is 43.5 Å². The number of hydrogen-bond donors (Lipinski definition) is 2. The molecular formula is C14H19FN2O. The molecule has 1 saturated carbocycles. The van der Waals surface area contributed by atoms with Crippen molar-refractivity contribution >= 4 is 11.6 Å². The third-order valence-electron chi connectivity index (χ3n) is 3.23. The van der Waals surface area contributed by atoms with Crippen molar-refractivity contribution in [3.63, 3.8) is 0 Å². The van der Waals surface area contributed by atoms with Gasteiger partial charge in [-0.15, -0.1) is 0 Å². The highest BCUT2D eigenvalue weighted by atomic mass is 19.1. The molecule has 1 amide bonds. The number of halogens is 1. The molecule has 1 aliphatic carbocycles. The lowest BCUT2D eigenvalue weighted by Crippen LogP contribution is -2.34. The summed E-state index contributed by atoms with van der Waals surface area (Å²) in [7, 11) is 0. The van der Waals surface area contributed by atoms with Crippen LogP contribution in [-0.2, 0) is 0 Å². The molecule has 0 bridgehead atoms. The van der Waals surface area contributed by atoms with E-state index in [1.165, 1.54) is 6.07 Å². The fourth-order valence-corrected chi connectivity index (χ4v) is 1.80. The second-order valence-electron chi connectivity index (χ2n) is 5.10. The van der Waals surface area contributed by atoms with Crippen molar-refractivity contribution in [2.24, 2.45) is 0 Å². The van der Waals surface area contributed by atoms with E-state index in [9.17, 15) is 9.18 Å². The summed E-state index contributed by atoms with van der Waals surface area (Å²) in [5.74, 6) is -0.579. The molecule has 2 rings (SSSR count). The Kier molecular flexibility index (Phi) is 3.55. The number of amides is 1. The van der Waals surface area contributed by atoms with Crippen LogP contribution in [0, 0.1) is 5.82 Å². The average Bonchev–Trinajstić information content (AvgIpc) is 3.05. The van der Waals surface area contributed by atoms with Crippen LogP contribution in [0.4, 0.5) is 10.1 Å². The topological polar surface area (TPSA) is 41.1 Å². The molecule has 1 fully saturated rings. The zero-order chi connectivity index (χ0) is 13.2. The van der Waals surface area contributed by atoms with E-state index in [4.69, 9.17) is 0 Å². The normalized spacial score (nSPS) is 16.2. The van der Waals surface area contributed by atoms with Crippen molar-refractivity contribution < 1.29 is 9.18 Å². The van der Waals surface area contributed by atoms with E-state index < -0.39 is 0 Å². The van der Waals surface area contributed by atoms with Gasteiger partial charge in [0.25, 0.3) is 5.91 Å². The quantitative estimate of drug-likeness (QED) is 0.843. The van der Waals surface area contributed by atoms with Gasteiger partial charge in [-0.25, -0.2) is 4.39 Å². The molecule has 0 saturated heterocycles. The first-order valence-electron chi connectivity index (χ1n) is 6.40. The maximum absolute atomic E-state index is 13.7. The van der Waals surface area contributed by atoms with E-state index in [2.05, 4.69) is 10.6 Å². The lowest BCUT2D eigenvalue weighted by atomic mass is 10.1. The summed E-state index contributed by atoms with van der Waals surface area (Å²) in [6.07, 6.45) is 2.87. The van der Waals surface area contributed by atoms with Gasteiger partial charge in [0.2, 0.25) is 0 Å². The molecule has 3 nitrogen and oxygen atoms in total. The molecule has 98 valence electrons. The minimum Gasteiger partial charge on any atom is -0.382 e. The third-order valence-corrected chi connectivity index (χ3v) is 3.23. The van der Waals surface area contributed by atoms with Crippen molar-refractivity contribution in [3.05, 3.63) is 29.6 Å². The van der Waals surface area contributed by atoms with Crippen LogP contribution in [0.25, 0.3) is 0 Å². The Balaban J connectivity index is 2.19. The van der Waals surface area contributed by atoms with Crippen molar-refractivity contribution in [2.75, 3.05) is 11.9 Å². The van der Waals surface area contributed by atoms with Gasteiger partial charge in [-0.3, -0.25) is 4.79 Å². The molecular weight excluding hydrogens is 231 g/mol. The largest absolute Gasteiger partial charge is 0.382 e. The number of carbonyl (C=O) groups is 1. The molecule has 18 heavy (non-hydrogen) atoms. The average molecular weight is 250 g/mol. The van der Waals surface area contributed by atoms with Crippen LogP contribution in [-0.4, -0.2) is 18.0 Å². The van der Waals surface area contributed by atoms with Crippen LogP contribution in [0.5, 0.6) is 0 Å². The molecule has 1 aromatic carbocycles. The van der Waals surface area contributed by atoms with Gasteiger partial charge in [-0.2, -0.15) is 0 Å². The van der Waals surface area contributed by atoms with Gasteiger partial charge in [-0.1, -0.05) is 13.0 Å². The molecule has 1 aliphatic rings. The van der Waals surface area contributed by atoms with Gasteiger partial charge < -0.3 is 10.6 Å². The number of anilines is 1. The standard InChI is InChI=1S/C14H19FN2O/c1-3-9-16-12-10(5-4-6-11(12)15)13(18)17-14(2)7-8-14/h4-6,16H,3,7-9H2,1-2H3,(H,17,18). The van der Waals surface area contributed by atoms with Gasteiger partial charge in [0.15, 0.2) is 0 Å². The molecule has 0 atom stereocenters. The van der Waals surface area contributed by atoms with E-state index in [1.54, 1.807) is 12.1 Å². The van der Waals surface area contributed by atoms with Crippen molar-refractivity contribution in [2.45, 2.75) is 38.6 Å². The second kappa shape index (κ2) is 4.96. The maximum atomic E-state index is 13.7. The van der Waals surface area contributed by atoms with Gasteiger partial charge in [0.1, 0.15) is 5.82 Å². The number of benzene rings is 1. The van der Waals surface area contributed by atoms with Crippen molar-refractivity contribution in [1.82, 2.24) is 5.32 Å². The highest BCUT2D eigenvalue weighted by Crippen LogP contribution is 2.35. The van der Waals surface area contributed by atoms with Crippen molar-refractivity contribution in [3.8, 4) is 0 Å². The number of rotatable bonds is 5. The number of carbonyl (C=O) groups excluding carboxylic acids is 1. The fourth-order valence-electron chi connectivity index (χ4n) is 1.80. The SMILES string of the molecule is CCCNc1c(F)cccc1C(=O)NC1(C)CC1. The monoisotopic (exact) mass is 250 g/mol. The van der Waals surface area contributed by atoms with Gasteiger partial charge in [0, 0.05) is 12.1 Å². The van der Waals surface area contributed by atoms with E-state index in [1.807, 2.05) is 13.8 Å². The van der Waals surface area contributed by atoms with Gasteiger partial charge >= 0.3 is 0 Å². The second-order valence-corrected chi connectivity index (χ2v) is 5.10. The molecule has 2 N–H and O–H groups in total. The zero-order valence-corrected chi connectivity index (χ0v) is 10.8. The summed E-state index contributed by atoms with van der Waals surface area (Å²) in [6, 6.07) is 4.59. The highest BCUT2D eigenvalue weighted by molar-refractivity contribution is 6.00. The molecule has 0 aliphatic heterocycles. The minimum absolute atomic E-state index is 0.0918. The highest BCUT2D eigenvalue weighted by Gasteiger charge is 2.39. The molecule has 0 aromatic heterocycles. The molecule has 4 heteroatoms. The Morgan fingerprint density at radius 3 is 2.78 bits per heavy atom. The summed E-state index contributed by atoms with van der Waals surface area (Å²) in [6.45, 7) is 4.65. The summed E-state index contributed by atoms with van der Waals surface area (Å²) in [5, 5.41) is 5.93. The van der Waals surface area contributed by atoms with Crippen LogP contribution in [0.2, 0.25) is 0 Å². The third kappa shape index (κ3) is 2.81. The Morgan fingerprint density at radius 2 is 2.17 bits per heavy atom. The molecule has 0 heterocycles. The first-order chi connectivity index (χ1) is 8.56. The lowest BCUT2D eigenvalue weighted by Gasteiger charge is -2.15. The fraction of sp³-hybridized carbons (Fsp3) is 0.500. The van der Waals surface area contributed by atoms with Crippen LogP contribution < -0.4 is 10.6 Å². The number of nitrogens with one attached hydrogen (secondary N) is 2. The Bertz CT molecular complexity index is 455. The van der Waals surface area contributed by atoms with Crippen LogP contribution in [0.15, 0.2) is 18.2 Å². The Morgan fingerprint density at radius 1 is 1.44 bits per heavy atom. The first kappa shape index (κ1) is 12.9. The van der Waals surface area contributed by atoms with Crippen LogP contribution >= 0.6 is 0 Å². The molecule has 1 aromatic rings. The summed E-state index contributed by atoms with van der Waals surface area (Å²) < 4.78 is 13.7. The molecule has 0 spiro atoms. The first-order valence-corrected chi connectivity index (χ1v) is 6.40. The van der Waals surface area contributed by atoms with E-state index in [0.717, 1.165) is 19.3 Å². The predicted molar refractivity (Wildman–Crippen MR) is 70.3 cm³/mol. The van der Waals surface area contributed by atoms with Crippen LogP contribution in [0.3, 0.4) is 0 Å². The summed E-state index contributed by atoms with van der Waals surface area (Å²) in [5.41, 5.74) is 0.600. The smallest absolute Gasteiger partial charge is 0.253 e. The Hall–Kier alpha value is -1.58. The molecule has 0 unspecified atom stereocenters. The van der Waals surface area contributed by atoms with E-state index in [0.29, 0.717) is 17.8 Å². The number of hydrogen-bond acceptors (Lipinski definition) is 2. The van der Waals surface area contributed by atoms with Crippen molar-refractivity contribution in [1.29, 1.82) is 0 Å². The van der Waals surface area contributed by atoms with E-state index >= 15 is 0 Å². The summed E-state index contributed by atoms with van der Waals surface area (Å²) in [4.78, 5) is 12.1. The zero-order valence-electron chi connectivity index (χ0n) is 10.8. The summed E-state index contributed by atoms with van der Waals surface area (Å²) >= 11 is 0. The Labute approximate surface area is 107 Å². The molecule has 0 radical (unpaired) electrons. The van der Waals surface area contributed by atoms with Gasteiger partial charge in [0.05, 0.1) is 11.3 Å².